The lowest BCUT2D eigenvalue weighted by Crippen LogP contribution is -2.65. The van der Waals surface area contributed by atoms with Gasteiger partial charge in [0, 0.05) is 19.1 Å². The van der Waals surface area contributed by atoms with Gasteiger partial charge in [-0.1, -0.05) is 140 Å². The molecule has 0 spiro atoms. The molecule has 0 aliphatic carbocycles. The molecule has 10 atom stereocenters. The van der Waals surface area contributed by atoms with Gasteiger partial charge in [0.25, 0.3) is 0 Å². The molecule has 0 bridgehead atoms. The van der Waals surface area contributed by atoms with E-state index in [1.165, 1.54) is 7.11 Å². The van der Waals surface area contributed by atoms with E-state index in [9.17, 15) is 4.79 Å². The second-order valence-corrected chi connectivity index (χ2v) is 14.7. The van der Waals surface area contributed by atoms with Crippen LogP contribution in [0.25, 0.3) is 0 Å². The summed E-state index contributed by atoms with van der Waals surface area (Å²) in [5.41, 5.74) is 4.26. The molecular formula is C48H50O11. The fourth-order valence-electron chi connectivity index (χ4n) is 7.64. The van der Waals surface area contributed by atoms with E-state index in [0.717, 1.165) is 22.3 Å². The van der Waals surface area contributed by atoms with Crippen LogP contribution in [-0.4, -0.2) is 81.6 Å². The average molecular weight is 803 g/mol. The Labute approximate surface area is 345 Å². The topological polar surface area (TPSA) is 109 Å². The highest BCUT2D eigenvalue weighted by Gasteiger charge is 2.54. The minimum absolute atomic E-state index is 0.184. The molecule has 0 amide bonds. The van der Waals surface area contributed by atoms with E-state index in [4.69, 9.17) is 47.4 Å². The van der Waals surface area contributed by atoms with Gasteiger partial charge in [-0.15, -0.1) is 0 Å². The lowest BCUT2D eigenvalue weighted by molar-refractivity contribution is -0.383. The number of hydrogen-bond donors (Lipinski definition) is 0. The molecule has 0 radical (unpaired) electrons. The van der Waals surface area contributed by atoms with Gasteiger partial charge in [-0.2, -0.15) is 0 Å². The quantitative estimate of drug-likeness (QED) is 0.0922. The Morgan fingerprint density at radius 2 is 1.20 bits per heavy atom. The highest BCUT2D eigenvalue weighted by atomic mass is 16.8. The van der Waals surface area contributed by atoms with Crippen LogP contribution >= 0.6 is 0 Å². The van der Waals surface area contributed by atoms with Gasteiger partial charge in [0.1, 0.15) is 30.5 Å². The maximum Gasteiger partial charge on any atom is 0.338 e. The standard InChI is InChI=1S/C48H50O11/c1-50-48-45(58-46(49)36-23-13-5-14-24-36)44(43-40(56-48)32-54-47(59-43)37-25-15-6-16-26-37)57-41-27-38(52-29-34-19-9-3-10-20-34)42(53-30-35-21-11-4-12-22-35)39(55-41)31-51-28-33-17-7-2-8-18-33/h2-26,38-45,47-48H,27-32H2,1H3/t38-,39-,40-,41-,42+,43-,44+,45-,47-,48+/m1/s1. The zero-order valence-electron chi connectivity index (χ0n) is 32.9. The van der Waals surface area contributed by atoms with Crippen molar-refractivity contribution in [2.24, 2.45) is 0 Å². The van der Waals surface area contributed by atoms with Crippen molar-refractivity contribution in [3.8, 4) is 0 Å². The smallest absolute Gasteiger partial charge is 0.338 e. The number of fused-ring (bicyclic) bond motifs is 1. The second-order valence-electron chi connectivity index (χ2n) is 14.7. The van der Waals surface area contributed by atoms with Crippen LogP contribution in [0.4, 0.5) is 0 Å². The van der Waals surface area contributed by atoms with Crippen LogP contribution in [0.15, 0.2) is 152 Å². The molecule has 11 nitrogen and oxygen atoms in total. The largest absolute Gasteiger partial charge is 0.450 e. The van der Waals surface area contributed by atoms with Crippen LogP contribution < -0.4 is 0 Å². The number of carbonyl (C=O) groups is 1. The van der Waals surface area contributed by atoms with E-state index < -0.39 is 67.6 Å². The lowest BCUT2D eigenvalue weighted by Gasteiger charge is -2.50. The number of esters is 1. The minimum Gasteiger partial charge on any atom is -0.450 e. The van der Waals surface area contributed by atoms with E-state index in [1.54, 1.807) is 24.3 Å². The Bertz CT molecular complexity index is 1990. The molecule has 3 aliphatic heterocycles. The third-order valence-electron chi connectivity index (χ3n) is 10.6. The lowest BCUT2D eigenvalue weighted by atomic mass is 9.96. The first-order chi connectivity index (χ1) is 29.1. The molecule has 0 aromatic heterocycles. The van der Waals surface area contributed by atoms with Gasteiger partial charge in [-0.05, 0) is 28.8 Å². The number of methoxy groups -OCH3 is 1. The highest BCUT2D eigenvalue weighted by Crippen LogP contribution is 2.39. The van der Waals surface area contributed by atoms with Crippen LogP contribution in [0.1, 0.15) is 45.3 Å². The number of rotatable bonds is 16. The average Bonchev–Trinajstić information content (AvgIpc) is 3.30. The summed E-state index contributed by atoms with van der Waals surface area (Å²) in [6.45, 7) is 1.42. The van der Waals surface area contributed by atoms with Gasteiger partial charge < -0.3 is 47.4 Å². The molecule has 5 aromatic carbocycles. The van der Waals surface area contributed by atoms with Crippen LogP contribution in [0.3, 0.4) is 0 Å². The number of benzene rings is 5. The Kier molecular flexibility index (Phi) is 14.2. The van der Waals surface area contributed by atoms with Crippen molar-refractivity contribution >= 4 is 5.97 Å². The molecule has 11 heteroatoms. The fraction of sp³-hybridized carbons (Fsp3) is 0.354. The monoisotopic (exact) mass is 802 g/mol. The summed E-state index contributed by atoms with van der Waals surface area (Å²) in [5.74, 6) is -0.560. The summed E-state index contributed by atoms with van der Waals surface area (Å²) in [7, 11) is 1.50. The van der Waals surface area contributed by atoms with Gasteiger partial charge >= 0.3 is 5.97 Å². The third-order valence-corrected chi connectivity index (χ3v) is 10.6. The summed E-state index contributed by atoms with van der Waals surface area (Å²) in [4.78, 5) is 13.7. The van der Waals surface area contributed by atoms with Crippen molar-refractivity contribution in [3.63, 3.8) is 0 Å². The third kappa shape index (κ3) is 10.7. The van der Waals surface area contributed by atoms with Crippen LogP contribution in [0.5, 0.6) is 0 Å². The van der Waals surface area contributed by atoms with Gasteiger partial charge in [0.05, 0.1) is 44.7 Å². The SMILES string of the molecule is CO[C@H]1O[C@@H]2CO[C@@H](c3ccccc3)O[C@H]2[C@H](O[C@@H]2C[C@@H](OCc3ccccc3)[C@H](OCc3ccccc3)[C@@H](COCc3ccccc3)O2)[C@H]1OC(=O)c1ccccc1. The van der Waals surface area contributed by atoms with Crippen molar-refractivity contribution in [3.05, 3.63) is 179 Å². The maximum atomic E-state index is 13.7. The molecular weight excluding hydrogens is 753 g/mol. The predicted molar refractivity (Wildman–Crippen MR) is 216 cm³/mol. The van der Waals surface area contributed by atoms with E-state index in [2.05, 4.69) is 0 Å². The Morgan fingerprint density at radius 1 is 0.627 bits per heavy atom. The zero-order chi connectivity index (χ0) is 40.2. The number of carbonyl (C=O) groups excluding carboxylic acids is 1. The molecule has 3 fully saturated rings. The first-order valence-corrected chi connectivity index (χ1v) is 20.1. The first-order valence-electron chi connectivity index (χ1n) is 20.1. The van der Waals surface area contributed by atoms with Crippen molar-refractivity contribution < 1.29 is 52.2 Å². The Balaban J connectivity index is 1.10. The van der Waals surface area contributed by atoms with Crippen molar-refractivity contribution in [2.45, 2.75) is 87.8 Å². The number of ether oxygens (including phenoxy) is 10. The summed E-state index contributed by atoms with van der Waals surface area (Å²) < 4.78 is 64.9. The molecule has 3 aliphatic rings. The van der Waals surface area contributed by atoms with Gasteiger partial charge in [-0.25, -0.2) is 4.79 Å². The normalized spacial score (nSPS) is 28.0. The van der Waals surface area contributed by atoms with Crippen LogP contribution in [0, 0.1) is 0 Å². The molecule has 308 valence electrons. The maximum absolute atomic E-state index is 13.7. The molecule has 8 rings (SSSR count). The van der Waals surface area contributed by atoms with E-state index in [0.29, 0.717) is 25.4 Å². The summed E-state index contributed by atoms with van der Waals surface area (Å²) in [5, 5.41) is 0. The summed E-state index contributed by atoms with van der Waals surface area (Å²) in [6.07, 6.45) is -7.30. The molecule has 59 heavy (non-hydrogen) atoms. The molecule has 5 aromatic rings. The minimum atomic E-state index is -1.06. The summed E-state index contributed by atoms with van der Waals surface area (Å²) in [6, 6.07) is 48.4. The Morgan fingerprint density at radius 3 is 1.83 bits per heavy atom. The molecule has 3 heterocycles. The molecule has 0 unspecified atom stereocenters. The molecule has 0 N–H and O–H groups in total. The van der Waals surface area contributed by atoms with E-state index in [1.807, 2.05) is 127 Å². The molecule has 3 saturated heterocycles. The zero-order valence-corrected chi connectivity index (χ0v) is 32.9. The first kappa shape index (κ1) is 41.0. The van der Waals surface area contributed by atoms with Crippen molar-refractivity contribution in [2.75, 3.05) is 20.3 Å². The molecule has 0 saturated carbocycles. The number of hydrogen-bond acceptors (Lipinski definition) is 11. The van der Waals surface area contributed by atoms with Gasteiger partial charge in [0.15, 0.2) is 25.0 Å². The fourth-order valence-corrected chi connectivity index (χ4v) is 7.64. The van der Waals surface area contributed by atoms with Gasteiger partial charge in [-0.3, -0.25) is 0 Å². The van der Waals surface area contributed by atoms with Crippen molar-refractivity contribution in [1.29, 1.82) is 0 Å². The Hall–Kier alpha value is -4.79. The highest BCUT2D eigenvalue weighted by molar-refractivity contribution is 5.89. The van der Waals surface area contributed by atoms with Crippen molar-refractivity contribution in [1.82, 2.24) is 0 Å². The van der Waals surface area contributed by atoms with Crippen LogP contribution in [-0.2, 0) is 67.2 Å². The second kappa shape index (κ2) is 20.5. The van der Waals surface area contributed by atoms with Crippen LogP contribution in [0.2, 0.25) is 0 Å². The van der Waals surface area contributed by atoms with Gasteiger partial charge in [0.2, 0.25) is 0 Å². The predicted octanol–water partition coefficient (Wildman–Crippen LogP) is 7.59. The van der Waals surface area contributed by atoms with E-state index >= 15 is 0 Å². The van der Waals surface area contributed by atoms with E-state index in [-0.39, 0.29) is 19.6 Å². The summed E-state index contributed by atoms with van der Waals surface area (Å²) >= 11 is 0.